The third-order valence-electron chi connectivity index (χ3n) is 4.10. The second-order valence-corrected chi connectivity index (χ2v) is 5.64. The van der Waals surface area contributed by atoms with Gasteiger partial charge in [-0.25, -0.2) is 8.78 Å². The summed E-state index contributed by atoms with van der Waals surface area (Å²) in [5.74, 6) is -2.51. The monoisotopic (exact) mass is 307 g/mol. The second-order valence-electron chi connectivity index (χ2n) is 5.64. The first-order chi connectivity index (χ1) is 9.77. The van der Waals surface area contributed by atoms with Gasteiger partial charge in [0.25, 0.3) is 0 Å². The lowest BCUT2D eigenvalue weighted by atomic mass is 9.85. The lowest BCUT2D eigenvalue weighted by molar-refractivity contribution is -0.182. The molecule has 1 atom stereocenters. The smallest absolute Gasteiger partial charge is 0.307 e. The van der Waals surface area contributed by atoms with Gasteiger partial charge in [0, 0.05) is 23.7 Å². The van der Waals surface area contributed by atoms with Gasteiger partial charge < -0.3 is 5.32 Å². The van der Waals surface area contributed by atoms with Crippen LogP contribution < -0.4 is 5.32 Å². The fraction of sp³-hybridized carbons (Fsp3) is 0.600. The molecule has 1 aromatic carbocycles. The van der Waals surface area contributed by atoms with E-state index >= 15 is 0 Å². The van der Waals surface area contributed by atoms with Crippen LogP contribution in [0, 0.1) is 17.6 Å². The van der Waals surface area contributed by atoms with Gasteiger partial charge in [0.2, 0.25) is 0 Å². The van der Waals surface area contributed by atoms with E-state index in [4.69, 9.17) is 0 Å². The molecule has 0 aliphatic heterocycles. The Balaban J connectivity index is 1.91. The van der Waals surface area contributed by atoms with Crippen LogP contribution in [0.2, 0.25) is 0 Å². The maximum Gasteiger partial charge on any atom is 0.391 e. The van der Waals surface area contributed by atoms with Gasteiger partial charge in [-0.05, 0) is 38.7 Å². The molecule has 1 N–H and O–H groups in total. The van der Waals surface area contributed by atoms with Crippen molar-refractivity contribution in [3.63, 3.8) is 0 Å². The first-order valence-electron chi connectivity index (χ1n) is 7.05. The van der Waals surface area contributed by atoms with Crippen LogP contribution in [0.5, 0.6) is 0 Å². The Morgan fingerprint density at radius 2 is 1.71 bits per heavy atom. The quantitative estimate of drug-likeness (QED) is 0.796. The summed E-state index contributed by atoms with van der Waals surface area (Å²) in [6.45, 7) is 1.73. The summed E-state index contributed by atoms with van der Waals surface area (Å²) in [4.78, 5) is 0. The topological polar surface area (TPSA) is 12.0 Å². The molecule has 0 spiro atoms. The third-order valence-corrected chi connectivity index (χ3v) is 4.10. The van der Waals surface area contributed by atoms with Crippen LogP contribution in [0.1, 0.15) is 44.2 Å². The van der Waals surface area contributed by atoms with Crippen molar-refractivity contribution in [2.24, 2.45) is 5.92 Å². The highest BCUT2D eigenvalue weighted by Crippen LogP contribution is 2.38. The van der Waals surface area contributed by atoms with E-state index in [1.807, 2.05) is 0 Å². The summed E-state index contributed by atoms with van der Waals surface area (Å²) in [5.41, 5.74) is 0.328. The van der Waals surface area contributed by atoms with E-state index in [2.05, 4.69) is 5.32 Å². The predicted molar refractivity (Wildman–Crippen MR) is 69.7 cm³/mol. The Morgan fingerprint density at radius 1 is 1.10 bits per heavy atom. The molecule has 0 radical (unpaired) electrons. The van der Waals surface area contributed by atoms with Gasteiger partial charge >= 0.3 is 6.18 Å². The molecule has 1 saturated carbocycles. The molecular weight excluding hydrogens is 289 g/mol. The van der Waals surface area contributed by atoms with E-state index in [9.17, 15) is 22.0 Å². The van der Waals surface area contributed by atoms with Crippen LogP contribution in [0.3, 0.4) is 0 Å². The lowest BCUT2D eigenvalue weighted by Gasteiger charge is -2.32. The van der Waals surface area contributed by atoms with E-state index in [-0.39, 0.29) is 24.9 Å². The summed E-state index contributed by atoms with van der Waals surface area (Å²) in [6, 6.07) is 2.93. The summed E-state index contributed by atoms with van der Waals surface area (Å²) in [7, 11) is 0. The SMILES string of the molecule is CC(NC1CCC(C(F)(F)F)CC1)c1ccc(F)cc1F. The standard InChI is InChI=1S/C15H18F5N/c1-9(13-7-4-11(16)8-14(13)17)21-12-5-2-10(3-6-12)15(18,19)20/h4,7-10,12,21H,2-3,5-6H2,1H3. The Hall–Kier alpha value is -1.17. The molecule has 118 valence electrons. The number of hydrogen-bond acceptors (Lipinski definition) is 1. The second kappa shape index (κ2) is 6.30. The number of nitrogens with one attached hydrogen (secondary N) is 1. The number of hydrogen-bond donors (Lipinski definition) is 1. The molecule has 0 heterocycles. The van der Waals surface area contributed by atoms with Crippen LogP contribution in [0.4, 0.5) is 22.0 Å². The van der Waals surface area contributed by atoms with Gasteiger partial charge in [-0.3, -0.25) is 0 Å². The Morgan fingerprint density at radius 3 is 2.24 bits per heavy atom. The summed E-state index contributed by atoms with van der Waals surface area (Å²) in [6.07, 6.45) is -3.10. The van der Waals surface area contributed by atoms with Gasteiger partial charge in [0.15, 0.2) is 0 Å². The molecule has 0 bridgehead atoms. The average molecular weight is 307 g/mol. The number of halogens is 5. The molecule has 2 rings (SSSR count). The molecule has 1 aliphatic carbocycles. The highest BCUT2D eigenvalue weighted by atomic mass is 19.4. The Bertz CT molecular complexity index is 477. The van der Waals surface area contributed by atoms with Crippen LogP contribution >= 0.6 is 0 Å². The van der Waals surface area contributed by atoms with Gasteiger partial charge in [-0.1, -0.05) is 6.07 Å². The Labute approximate surface area is 120 Å². The maximum absolute atomic E-state index is 13.6. The van der Waals surface area contributed by atoms with Crippen molar-refractivity contribution in [1.29, 1.82) is 0 Å². The van der Waals surface area contributed by atoms with Crippen LogP contribution in [-0.4, -0.2) is 12.2 Å². The first kappa shape index (κ1) is 16.2. The number of rotatable bonds is 3. The van der Waals surface area contributed by atoms with Gasteiger partial charge in [-0.2, -0.15) is 13.2 Å². The molecule has 1 fully saturated rings. The van der Waals surface area contributed by atoms with E-state index in [0.717, 1.165) is 6.07 Å². The molecule has 6 heteroatoms. The molecule has 0 amide bonds. The largest absolute Gasteiger partial charge is 0.391 e. The van der Waals surface area contributed by atoms with Gasteiger partial charge in [0.05, 0.1) is 5.92 Å². The normalized spacial score (nSPS) is 24.9. The van der Waals surface area contributed by atoms with Crippen molar-refractivity contribution >= 4 is 0 Å². The molecule has 1 unspecified atom stereocenters. The molecule has 1 aliphatic rings. The predicted octanol–water partition coefficient (Wildman–Crippen LogP) is 4.74. The molecule has 1 aromatic rings. The minimum absolute atomic E-state index is 0.0666. The highest BCUT2D eigenvalue weighted by Gasteiger charge is 2.41. The van der Waals surface area contributed by atoms with Crippen molar-refractivity contribution < 1.29 is 22.0 Å². The number of alkyl halides is 3. The molecule has 1 nitrogen and oxygen atoms in total. The summed E-state index contributed by atoms with van der Waals surface area (Å²) < 4.78 is 64.2. The molecular formula is C15H18F5N. The van der Waals surface area contributed by atoms with E-state index in [1.165, 1.54) is 12.1 Å². The van der Waals surface area contributed by atoms with Crippen LogP contribution in [0.25, 0.3) is 0 Å². The summed E-state index contributed by atoms with van der Waals surface area (Å²) in [5, 5.41) is 3.14. The minimum Gasteiger partial charge on any atom is -0.307 e. The maximum atomic E-state index is 13.6. The zero-order valence-electron chi connectivity index (χ0n) is 11.7. The fourth-order valence-electron chi connectivity index (χ4n) is 2.88. The van der Waals surface area contributed by atoms with Gasteiger partial charge in [0.1, 0.15) is 11.6 Å². The van der Waals surface area contributed by atoms with E-state index in [1.54, 1.807) is 6.92 Å². The lowest BCUT2D eigenvalue weighted by Crippen LogP contribution is -2.38. The van der Waals surface area contributed by atoms with Crippen molar-refractivity contribution in [3.8, 4) is 0 Å². The summed E-state index contributed by atoms with van der Waals surface area (Å²) >= 11 is 0. The van der Waals surface area contributed by atoms with E-state index in [0.29, 0.717) is 18.4 Å². The Kier molecular flexibility index (Phi) is 4.86. The van der Waals surface area contributed by atoms with Crippen molar-refractivity contribution in [2.75, 3.05) is 0 Å². The third kappa shape index (κ3) is 4.15. The highest BCUT2D eigenvalue weighted by molar-refractivity contribution is 5.21. The molecule has 21 heavy (non-hydrogen) atoms. The molecule has 0 saturated heterocycles. The minimum atomic E-state index is -4.13. The first-order valence-corrected chi connectivity index (χ1v) is 7.05. The van der Waals surface area contributed by atoms with Crippen molar-refractivity contribution in [2.45, 2.75) is 50.9 Å². The van der Waals surface area contributed by atoms with Crippen LogP contribution in [0.15, 0.2) is 18.2 Å². The van der Waals surface area contributed by atoms with Crippen molar-refractivity contribution in [1.82, 2.24) is 5.32 Å². The number of benzene rings is 1. The average Bonchev–Trinajstić information content (AvgIpc) is 2.38. The van der Waals surface area contributed by atoms with Crippen molar-refractivity contribution in [3.05, 3.63) is 35.4 Å². The fourth-order valence-corrected chi connectivity index (χ4v) is 2.88. The zero-order valence-corrected chi connectivity index (χ0v) is 11.7. The molecule has 0 aromatic heterocycles. The zero-order chi connectivity index (χ0) is 15.6. The van der Waals surface area contributed by atoms with Gasteiger partial charge in [-0.15, -0.1) is 0 Å². The van der Waals surface area contributed by atoms with E-state index < -0.39 is 23.7 Å². The van der Waals surface area contributed by atoms with Crippen LogP contribution in [-0.2, 0) is 0 Å².